The summed E-state index contributed by atoms with van der Waals surface area (Å²) in [7, 11) is 0. The molecule has 0 saturated carbocycles. The first-order chi connectivity index (χ1) is 16.9. The average Bonchev–Trinajstić information content (AvgIpc) is 3.31. The standard InChI is InChI=1S/C27H31N3O5/c1-2-3-16-29-18-15-27(25(29)33,28-26(34)35-19-20-10-5-4-6-11-20)14-9-17-30-23(31)21-12-7-8-13-22(21)24(30)32/h4-8,10-13H,2-3,9,14-19H2,1H3,(H,28,34). The van der Waals surface area contributed by atoms with Gasteiger partial charge in [-0.25, -0.2) is 4.79 Å². The van der Waals surface area contributed by atoms with Crippen molar-refractivity contribution in [2.75, 3.05) is 19.6 Å². The first-order valence-electron chi connectivity index (χ1n) is 12.2. The fourth-order valence-electron chi connectivity index (χ4n) is 4.75. The van der Waals surface area contributed by atoms with E-state index >= 15 is 0 Å². The van der Waals surface area contributed by atoms with E-state index in [1.54, 1.807) is 29.2 Å². The number of benzene rings is 2. The first-order valence-corrected chi connectivity index (χ1v) is 12.2. The summed E-state index contributed by atoms with van der Waals surface area (Å²) in [6, 6.07) is 16.1. The third-order valence-electron chi connectivity index (χ3n) is 6.70. The van der Waals surface area contributed by atoms with Gasteiger partial charge in [-0.15, -0.1) is 0 Å². The summed E-state index contributed by atoms with van der Waals surface area (Å²) in [6.07, 6.45) is 2.34. The first kappa shape index (κ1) is 24.4. The fourth-order valence-corrected chi connectivity index (χ4v) is 4.75. The number of alkyl carbamates (subject to hydrolysis) is 1. The van der Waals surface area contributed by atoms with E-state index in [1.807, 2.05) is 30.3 Å². The van der Waals surface area contributed by atoms with E-state index in [4.69, 9.17) is 4.74 Å². The van der Waals surface area contributed by atoms with Gasteiger partial charge in [0.2, 0.25) is 5.91 Å². The summed E-state index contributed by atoms with van der Waals surface area (Å²) in [6.45, 7) is 3.53. The molecule has 1 unspecified atom stereocenters. The van der Waals surface area contributed by atoms with Crippen molar-refractivity contribution in [1.82, 2.24) is 15.1 Å². The van der Waals surface area contributed by atoms with Crippen LogP contribution in [-0.2, 0) is 16.1 Å². The summed E-state index contributed by atoms with van der Waals surface area (Å²) in [5.41, 5.74) is 0.542. The average molecular weight is 478 g/mol. The van der Waals surface area contributed by atoms with E-state index in [-0.39, 0.29) is 30.9 Å². The van der Waals surface area contributed by atoms with Gasteiger partial charge >= 0.3 is 6.09 Å². The molecule has 2 aromatic rings. The van der Waals surface area contributed by atoms with Crippen LogP contribution in [0.4, 0.5) is 4.79 Å². The topological polar surface area (TPSA) is 96.0 Å². The maximum Gasteiger partial charge on any atom is 0.408 e. The molecule has 1 atom stereocenters. The third-order valence-corrected chi connectivity index (χ3v) is 6.70. The summed E-state index contributed by atoms with van der Waals surface area (Å²) in [5, 5.41) is 2.84. The van der Waals surface area contributed by atoms with Crippen molar-refractivity contribution < 1.29 is 23.9 Å². The van der Waals surface area contributed by atoms with Gasteiger partial charge in [0, 0.05) is 19.6 Å². The molecular formula is C27H31N3O5. The minimum Gasteiger partial charge on any atom is -0.445 e. The largest absolute Gasteiger partial charge is 0.445 e. The van der Waals surface area contributed by atoms with Crippen LogP contribution >= 0.6 is 0 Å². The van der Waals surface area contributed by atoms with Gasteiger partial charge in [0.15, 0.2) is 0 Å². The Kier molecular flexibility index (Phi) is 7.48. The number of carbonyl (C=O) groups excluding carboxylic acids is 4. The Hall–Kier alpha value is -3.68. The summed E-state index contributed by atoms with van der Waals surface area (Å²) in [4.78, 5) is 54.5. The zero-order chi connectivity index (χ0) is 24.8. The Morgan fingerprint density at radius 2 is 1.60 bits per heavy atom. The Morgan fingerprint density at radius 1 is 0.943 bits per heavy atom. The summed E-state index contributed by atoms with van der Waals surface area (Å²) < 4.78 is 5.40. The zero-order valence-corrected chi connectivity index (χ0v) is 20.0. The van der Waals surface area contributed by atoms with Gasteiger partial charge in [0.25, 0.3) is 11.8 Å². The number of fused-ring (bicyclic) bond motifs is 1. The van der Waals surface area contributed by atoms with Gasteiger partial charge in [-0.1, -0.05) is 55.8 Å². The maximum absolute atomic E-state index is 13.4. The molecule has 2 heterocycles. The molecule has 2 aromatic carbocycles. The molecule has 4 rings (SSSR count). The highest BCUT2D eigenvalue weighted by Gasteiger charge is 2.48. The fraction of sp³-hybridized carbons (Fsp3) is 0.407. The van der Waals surface area contributed by atoms with Crippen LogP contribution in [0.3, 0.4) is 0 Å². The van der Waals surface area contributed by atoms with Crippen molar-refractivity contribution in [1.29, 1.82) is 0 Å². The van der Waals surface area contributed by atoms with Crippen molar-refractivity contribution in [3.05, 3.63) is 71.3 Å². The quantitative estimate of drug-likeness (QED) is 0.526. The van der Waals surface area contributed by atoms with Crippen LogP contribution in [0, 0.1) is 0 Å². The SMILES string of the molecule is CCCCN1CCC(CCCN2C(=O)c3ccccc3C2=O)(NC(=O)OCc2ccccc2)C1=O. The molecule has 184 valence electrons. The van der Waals surface area contributed by atoms with Crippen LogP contribution in [0.2, 0.25) is 0 Å². The molecule has 1 saturated heterocycles. The molecule has 35 heavy (non-hydrogen) atoms. The van der Waals surface area contributed by atoms with Gasteiger partial charge in [-0.05, 0) is 43.4 Å². The number of amides is 4. The van der Waals surface area contributed by atoms with Crippen LogP contribution in [0.25, 0.3) is 0 Å². The molecule has 1 fully saturated rings. The second kappa shape index (κ2) is 10.7. The number of hydrogen-bond donors (Lipinski definition) is 1. The lowest BCUT2D eigenvalue weighted by atomic mass is 9.91. The monoisotopic (exact) mass is 477 g/mol. The van der Waals surface area contributed by atoms with Crippen LogP contribution in [0.5, 0.6) is 0 Å². The lowest BCUT2D eigenvalue weighted by molar-refractivity contribution is -0.133. The van der Waals surface area contributed by atoms with Gasteiger partial charge in [0.05, 0.1) is 11.1 Å². The second-order valence-corrected chi connectivity index (χ2v) is 9.08. The number of rotatable bonds is 10. The van der Waals surface area contributed by atoms with Crippen LogP contribution in [-0.4, -0.2) is 58.8 Å². The molecule has 2 aliphatic heterocycles. The molecule has 8 nitrogen and oxygen atoms in total. The van der Waals surface area contributed by atoms with Gasteiger partial charge in [-0.3, -0.25) is 19.3 Å². The molecule has 0 bridgehead atoms. The second-order valence-electron chi connectivity index (χ2n) is 9.08. The number of carbonyl (C=O) groups is 4. The van der Waals surface area contributed by atoms with E-state index in [2.05, 4.69) is 12.2 Å². The van der Waals surface area contributed by atoms with Crippen molar-refractivity contribution >= 4 is 23.8 Å². The van der Waals surface area contributed by atoms with E-state index < -0.39 is 11.6 Å². The Labute approximate surface area is 205 Å². The molecule has 8 heteroatoms. The van der Waals surface area contributed by atoms with Gasteiger partial charge < -0.3 is 15.0 Å². The van der Waals surface area contributed by atoms with Crippen molar-refractivity contribution in [3.8, 4) is 0 Å². The summed E-state index contributed by atoms with van der Waals surface area (Å²) in [5.74, 6) is -0.778. The minimum absolute atomic E-state index is 0.103. The van der Waals surface area contributed by atoms with Crippen molar-refractivity contribution in [3.63, 3.8) is 0 Å². The molecule has 0 aliphatic carbocycles. The predicted octanol–water partition coefficient (Wildman–Crippen LogP) is 3.76. The van der Waals surface area contributed by atoms with Crippen LogP contribution in [0.1, 0.15) is 65.3 Å². The molecule has 2 aliphatic rings. The molecule has 0 radical (unpaired) electrons. The number of nitrogens with zero attached hydrogens (tertiary/aromatic N) is 2. The van der Waals surface area contributed by atoms with Gasteiger partial charge in [0.1, 0.15) is 12.1 Å². The Balaban J connectivity index is 1.41. The highest BCUT2D eigenvalue weighted by atomic mass is 16.5. The smallest absolute Gasteiger partial charge is 0.408 e. The van der Waals surface area contributed by atoms with Gasteiger partial charge in [-0.2, -0.15) is 0 Å². The van der Waals surface area contributed by atoms with Crippen molar-refractivity contribution in [2.24, 2.45) is 0 Å². The molecule has 1 N–H and O–H groups in total. The number of unbranched alkanes of at least 4 members (excludes halogenated alkanes) is 1. The Bertz CT molecular complexity index is 1070. The van der Waals surface area contributed by atoms with E-state index in [0.717, 1.165) is 18.4 Å². The number of likely N-dealkylation sites (tertiary alicyclic amines) is 1. The molecule has 0 spiro atoms. The van der Waals surface area contributed by atoms with Crippen LogP contribution in [0.15, 0.2) is 54.6 Å². The maximum atomic E-state index is 13.4. The van der Waals surface area contributed by atoms with Crippen LogP contribution < -0.4 is 5.32 Å². The highest BCUT2D eigenvalue weighted by molar-refractivity contribution is 6.21. The predicted molar refractivity (Wildman–Crippen MR) is 130 cm³/mol. The molecular weight excluding hydrogens is 446 g/mol. The lowest BCUT2D eigenvalue weighted by Gasteiger charge is -2.29. The number of ether oxygens (including phenoxy) is 1. The number of nitrogens with one attached hydrogen (secondary N) is 1. The lowest BCUT2D eigenvalue weighted by Crippen LogP contribution is -2.54. The third kappa shape index (κ3) is 5.21. The summed E-state index contributed by atoms with van der Waals surface area (Å²) >= 11 is 0. The minimum atomic E-state index is -1.11. The van der Waals surface area contributed by atoms with E-state index in [0.29, 0.717) is 43.5 Å². The Morgan fingerprint density at radius 3 is 2.26 bits per heavy atom. The highest BCUT2D eigenvalue weighted by Crippen LogP contribution is 2.30. The normalized spacial score (nSPS) is 19.3. The number of hydrogen-bond acceptors (Lipinski definition) is 5. The number of imide groups is 1. The molecule has 4 amide bonds. The van der Waals surface area contributed by atoms with Crippen molar-refractivity contribution in [2.45, 2.75) is 51.2 Å². The van der Waals surface area contributed by atoms with E-state index in [1.165, 1.54) is 4.90 Å². The van der Waals surface area contributed by atoms with E-state index in [9.17, 15) is 19.2 Å². The zero-order valence-electron chi connectivity index (χ0n) is 20.0. The molecule has 0 aromatic heterocycles.